The van der Waals surface area contributed by atoms with Gasteiger partial charge in [-0.3, -0.25) is 4.90 Å². The molecule has 2 heterocycles. The summed E-state index contributed by atoms with van der Waals surface area (Å²) in [5.74, 6) is -0.0757. The van der Waals surface area contributed by atoms with Gasteiger partial charge in [0.1, 0.15) is 5.82 Å². The molecule has 0 radical (unpaired) electrons. The molecule has 3 heteroatoms. The van der Waals surface area contributed by atoms with Gasteiger partial charge in [-0.05, 0) is 44.9 Å². The third-order valence-electron chi connectivity index (χ3n) is 4.41. The van der Waals surface area contributed by atoms with Crippen molar-refractivity contribution in [3.05, 3.63) is 29.6 Å². The highest BCUT2D eigenvalue weighted by atomic mass is 19.1. The third kappa shape index (κ3) is 1.91. The lowest BCUT2D eigenvalue weighted by Gasteiger charge is -2.44. The van der Waals surface area contributed by atoms with Crippen LogP contribution in [0.2, 0.25) is 0 Å². The zero-order chi connectivity index (χ0) is 12.7. The van der Waals surface area contributed by atoms with Crippen molar-refractivity contribution >= 4 is 5.69 Å². The Labute approximate surface area is 108 Å². The second-order valence-electron chi connectivity index (χ2n) is 5.70. The monoisotopic (exact) mass is 248 g/mol. The highest BCUT2D eigenvalue weighted by Gasteiger charge is 2.35. The Bertz CT molecular complexity index is 426. The van der Waals surface area contributed by atoms with E-state index in [1.807, 2.05) is 13.0 Å². The summed E-state index contributed by atoms with van der Waals surface area (Å²) in [5.41, 5.74) is 1.87. The molecule has 0 aromatic heterocycles. The molecule has 2 unspecified atom stereocenters. The largest absolute Gasteiger partial charge is 0.363 e. The lowest BCUT2D eigenvalue weighted by molar-refractivity contribution is 0.202. The summed E-state index contributed by atoms with van der Waals surface area (Å²) in [7, 11) is 0. The summed E-state index contributed by atoms with van der Waals surface area (Å²) in [6.07, 6.45) is 2.55. The third-order valence-corrected chi connectivity index (χ3v) is 4.41. The minimum absolute atomic E-state index is 0.0757. The number of rotatable bonds is 1. The SMILES string of the molecule is Cc1cccc(F)c1N1CC2CCCN2CC1C. The van der Waals surface area contributed by atoms with E-state index in [9.17, 15) is 4.39 Å². The van der Waals surface area contributed by atoms with E-state index in [0.717, 1.165) is 24.3 Å². The molecule has 2 aliphatic heterocycles. The maximum Gasteiger partial charge on any atom is 0.146 e. The molecule has 1 aromatic carbocycles. The van der Waals surface area contributed by atoms with Crippen LogP contribution in [-0.2, 0) is 0 Å². The smallest absolute Gasteiger partial charge is 0.146 e. The van der Waals surface area contributed by atoms with Crippen LogP contribution in [0.1, 0.15) is 25.3 Å². The second-order valence-corrected chi connectivity index (χ2v) is 5.70. The molecule has 2 fully saturated rings. The fourth-order valence-corrected chi connectivity index (χ4v) is 3.49. The van der Waals surface area contributed by atoms with Crippen LogP contribution in [0.3, 0.4) is 0 Å². The van der Waals surface area contributed by atoms with Crippen LogP contribution in [0.5, 0.6) is 0 Å². The number of hydrogen-bond donors (Lipinski definition) is 0. The first kappa shape index (κ1) is 12.0. The zero-order valence-corrected chi connectivity index (χ0v) is 11.2. The number of nitrogens with zero attached hydrogens (tertiary/aromatic N) is 2. The molecular weight excluding hydrogens is 227 g/mol. The van der Waals surface area contributed by atoms with Crippen molar-refractivity contribution < 1.29 is 4.39 Å². The summed E-state index contributed by atoms with van der Waals surface area (Å²) in [6, 6.07) is 6.41. The predicted molar refractivity (Wildman–Crippen MR) is 72.5 cm³/mol. The van der Waals surface area contributed by atoms with Crippen LogP contribution in [0.4, 0.5) is 10.1 Å². The van der Waals surface area contributed by atoms with Crippen molar-refractivity contribution in [1.82, 2.24) is 4.90 Å². The molecule has 0 bridgehead atoms. The maximum absolute atomic E-state index is 14.1. The predicted octanol–water partition coefficient (Wildman–Crippen LogP) is 2.81. The van der Waals surface area contributed by atoms with E-state index in [1.165, 1.54) is 19.4 Å². The fourth-order valence-electron chi connectivity index (χ4n) is 3.49. The van der Waals surface area contributed by atoms with Gasteiger partial charge in [-0.15, -0.1) is 0 Å². The molecule has 98 valence electrons. The van der Waals surface area contributed by atoms with E-state index in [1.54, 1.807) is 12.1 Å². The van der Waals surface area contributed by atoms with Crippen LogP contribution < -0.4 is 4.90 Å². The fraction of sp³-hybridized carbons (Fsp3) is 0.600. The maximum atomic E-state index is 14.1. The average molecular weight is 248 g/mol. The topological polar surface area (TPSA) is 6.48 Å². The van der Waals surface area contributed by atoms with E-state index in [2.05, 4.69) is 16.7 Å². The van der Waals surface area contributed by atoms with Gasteiger partial charge in [0.05, 0.1) is 5.69 Å². The van der Waals surface area contributed by atoms with Gasteiger partial charge in [0.15, 0.2) is 0 Å². The number of anilines is 1. The molecule has 0 N–H and O–H groups in total. The number of aryl methyl sites for hydroxylation is 1. The summed E-state index contributed by atoms with van der Waals surface area (Å²) >= 11 is 0. The standard InChI is InChI=1S/C15H21FN2/c1-11-5-3-7-14(16)15(11)18-10-13-6-4-8-17(13)9-12(18)2/h3,5,7,12-13H,4,6,8-10H2,1-2H3. The van der Waals surface area contributed by atoms with Gasteiger partial charge in [-0.2, -0.15) is 0 Å². The molecule has 0 amide bonds. The van der Waals surface area contributed by atoms with Gasteiger partial charge in [0.25, 0.3) is 0 Å². The van der Waals surface area contributed by atoms with Crippen molar-refractivity contribution in [2.24, 2.45) is 0 Å². The van der Waals surface area contributed by atoms with E-state index in [0.29, 0.717) is 12.1 Å². The van der Waals surface area contributed by atoms with Crippen molar-refractivity contribution in [3.63, 3.8) is 0 Å². The number of para-hydroxylation sites is 1. The summed E-state index contributed by atoms with van der Waals surface area (Å²) in [5, 5.41) is 0. The molecule has 2 saturated heterocycles. The Morgan fingerprint density at radius 1 is 1.28 bits per heavy atom. The number of piperazine rings is 1. The molecule has 2 nitrogen and oxygen atoms in total. The normalized spacial score (nSPS) is 28.5. The Hall–Kier alpha value is -1.09. The van der Waals surface area contributed by atoms with Crippen LogP contribution in [0, 0.1) is 12.7 Å². The minimum atomic E-state index is -0.0757. The van der Waals surface area contributed by atoms with Gasteiger partial charge in [0.2, 0.25) is 0 Å². The highest BCUT2D eigenvalue weighted by molar-refractivity contribution is 5.55. The molecule has 2 atom stereocenters. The lowest BCUT2D eigenvalue weighted by atomic mass is 10.0. The molecule has 2 aliphatic rings. The van der Waals surface area contributed by atoms with Gasteiger partial charge in [-0.1, -0.05) is 12.1 Å². The van der Waals surface area contributed by atoms with E-state index in [4.69, 9.17) is 0 Å². The van der Waals surface area contributed by atoms with Gasteiger partial charge in [-0.25, -0.2) is 4.39 Å². The molecule has 3 rings (SSSR count). The van der Waals surface area contributed by atoms with Crippen molar-refractivity contribution in [2.45, 2.75) is 38.8 Å². The van der Waals surface area contributed by atoms with Crippen molar-refractivity contribution in [2.75, 3.05) is 24.5 Å². The quantitative estimate of drug-likeness (QED) is 0.754. The lowest BCUT2D eigenvalue weighted by Crippen LogP contribution is -2.55. The first-order valence-corrected chi connectivity index (χ1v) is 6.92. The molecule has 0 spiro atoms. The Balaban J connectivity index is 1.91. The van der Waals surface area contributed by atoms with Gasteiger partial charge in [0, 0.05) is 25.2 Å². The van der Waals surface area contributed by atoms with E-state index >= 15 is 0 Å². The Kier molecular flexibility index (Phi) is 3.02. The molecular formula is C15H21FN2. The minimum Gasteiger partial charge on any atom is -0.363 e. The molecule has 0 aliphatic carbocycles. The number of hydrogen-bond acceptors (Lipinski definition) is 2. The average Bonchev–Trinajstić information content (AvgIpc) is 2.76. The second kappa shape index (κ2) is 4.54. The van der Waals surface area contributed by atoms with Crippen LogP contribution >= 0.6 is 0 Å². The summed E-state index contributed by atoms with van der Waals surface area (Å²) in [6.45, 7) is 7.48. The number of benzene rings is 1. The van der Waals surface area contributed by atoms with E-state index in [-0.39, 0.29) is 5.82 Å². The Morgan fingerprint density at radius 2 is 2.11 bits per heavy atom. The van der Waals surface area contributed by atoms with Crippen LogP contribution in [0.25, 0.3) is 0 Å². The first-order chi connectivity index (χ1) is 8.66. The number of fused-ring (bicyclic) bond motifs is 1. The molecule has 0 saturated carbocycles. The zero-order valence-electron chi connectivity index (χ0n) is 11.2. The number of halogens is 1. The van der Waals surface area contributed by atoms with Crippen LogP contribution in [0.15, 0.2) is 18.2 Å². The summed E-state index contributed by atoms with van der Waals surface area (Å²) < 4.78 is 14.1. The van der Waals surface area contributed by atoms with E-state index < -0.39 is 0 Å². The Morgan fingerprint density at radius 3 is 2.89 bits per heavy atom. The molecule has 18 heavy (non-hydrogen) atoms. The molecule has 1 aromatic rings. The van der Waals surface area contributed by atoms with Crippen LogP contribution in [-0.4, -0.2) is 36.6 Å². The first-order valence-electron chi connectivity index (χ1n) is 6.92. The van der Waals surface area contributed by atoms with Crippen molar-refractivity contribution in [3.8, 4) is 0 Å². The van der Waals surface area contributed by atoms with Crippen molar-refractivity contribution in [1.29, 1.82) is 0 Å². The highest BCUT2D eigenvalue weighted by Crippen LogP contribution is 2.32. The van der Waals surface area contributed by atoms with Gasteiger partial charge >= 0.3 is 0 Å². The van der Waals surface area contributed by atoms with Gasteiger partial charge < -0.3 is 4.90 Å². The summed E-state index contributed by atoms with van der Waals surface area (Å²) in [4.78, 5) is 4.84.